The van der Waals surface area contributed by atoms with Gasteiger partial charge in [0.15, 0.2) is 0 Å². The number of hydrogen-bond acceptors (Lipinski definition) is 2. The molecule has 0 aliphatic carbocycles. The van der Waals surface area contributed by atoms with Gasteiger partial charge in [-0.25, -0.2) is 0 Å². The predicted molar refractivity (Wildman–Crippen MR) is 84.3 cm³/mol. The van der Waals surface area contributed by atoms with E-state index in [1.54, 1.807) is 0 Å². The van der Waals surface area contributed by atoms with Crippen LogP contribution >= 0.6 is 0 Å². The molecule has 3 heteroatoms. The fourth-order valence-electron chi connectivity index (χ4n) is 2.24. The summed E-state index contributed by atoms with van der Waals surface area (Å²) in [6.45, 7) is 0.699. The molecule has 0 saturated carbocycles. The molecule has 3 nitrogen and oxygen atoms in total. The Bertz CT molecular complexity index is 767. The van der Waals surface area contributed by atoms with Crippen molar-refractivity contribution in [1.29, 1.82) is 5.26 Å². The Kier molecular flexibility index (Phi) is 3.70. The third-order valence-electron chi connectivity index (χ3n) is 3.30. The maximum atomic E-state index is 8.92. The molecule has 0 aliphatic rings. The van der Waals surface area contributed by atoms with Crippen molar-refractivity contribution >= 4 is 5.69 Å². The van der Waals surface area contributed by atoms with Crippen molar-refractivity contribution in [3.05, 3.63) is 84.2 Å². The van der Waals surface area contributed by atoms with E-state index >= 15 is 0 Å². The highest BCUT2D eigenvalue weighted by Crippen LogP contribution is 2.16. The second-order valence-electron chi connectivity index (χ2n) is 4.81. The topological polar surface area (TPSA) is 40.8 Å². The van der Waals surface area contributed by atoms with E-state index in [2.05, 4.69) is 28.1 Å². The van der Waals surface area contributed by atoms with Gasteiger partial charge >= 0.3 is 0 Å². The van der Waals surface area contributed by atoms with Gasteiger partial charge in [0.25, 0.3) is 0 Å². The predicted octanol–water partition coefficient (Wildman–Crippen LogP) is 3.96. The zero-order valence-electron chi connectivity index (χ0n) is 11.5. The van der Waals surface area contributed by atoms with E-state index in [0.717, 1.165) is 16.9 Å². The Hall–Kier alpha value is -2.99. The molecule has 102 valence electrons. The van der Waals surface area contributed by atoms with E-state index in [1.165, 1.54) is 0 Å². The summed E-state index contributed by atoms with van der Waals surface area (Å²) >= 11 is 0. The van der Waals surface area contributed by atoms with Crippen LogP contribution < -0.4 is 5.32 Å². The summed E-state index contributed by atoms with van der Waals surface area (Å²) in [4.78, 5) is 0. The summed E-state index contributed by atoms with van der Waals surface area (Å²) < 4.78 is 2.07. The molecule has 0 fully saturated rings. The number of anilines is 1. The van der Waals surface area contributed by atoms with Crippen molar-refractivity contribution in [2.45, 2.75) is 6.54 Å². The number of aromatic nitrogens is 1. The minimum Gasteiger partial charge on any atom is -0.381 e. The average molecular weight is 273 g/mol. The lowest BCUT2D eigenvalue weighted by Gasteiger charge is -2.09. The van der Waals surface area contributed by atoms with Crippen LogP contribution in [0, 0.1) is 11.3 Å². The first-order chi connectivity index (χ1) is 10.3. The lowest BCUT2D eigenvalue weighted by atomic mass is 10.1. The first-order valence-corrected chi connectivity index (χ1v) is 6.81. The van der Waals surface area contributed by atoms with Crippen LogP contribution in [0.3, 0.4) is 0 Å². The van der Waals surface area contributed by atoms with Crippen LogP contribution in [0.1, 0.15) is 11.1 Å². The van der Waals surface area contributed by atoms with Crippen molar-refractivity contribution in [3.63, 3.8) is 0 Å². The number of nitrogens with one attached hydrogen (secondary N) is 1. The van der Waals surface area contributed by atoms with Gasteiger partial charge in [0.2, 0.25) is 0 Å². The summed E-state index contributed by atoms with van der Waals surface area (Å²) in [5, 5.41) is 12.3. The third-order valence-corrected chi connectivity index (χ3v) is 3.30. The molecule has 3 rings (SSSR count). The van der Waals surface area contributed by atoms with E-state index in [4.69, 9.17) is 5.26 Å². The van der Waals surface area contributed by atoms with E-state index < -0.39 is 0 Å². The Morgan fingerprint density at radius 2 is 1.76 bits per heavy atom. The molecule has 0 amide bonds. The van der Waals surface area contributed by atoms with Gasteiger partial charge in [-0.05, 0) is 48.0 Å². The van der Waals surface area contributed by atoms with Crippen LogP contribution in [0.25, 0.3) is 5.69 Å². The van der Waals surface area contributed by atoms with Gasteiger partial charge in [-0.1, -0.05) is 18.2 Å². The molecule has 0 atom stereocenters. The lowest BCUT2D eigenvalue weighted by molar-refractivity contribution is 1.07. The SMILES string of the molecule is N#Cc1cccc(CNc2cccc(-n3cccc3)c2)c1. The van der Waals surface area contributed by atoms with Gasteiger partial charge in [0.05, 0.1) is 11.6 Å². The fraction of sp³-hybridized carbons (Fsp3) is 0.0556. The highest BCUT2D eigenvalue weighted by molar-refractivity contribution is 5.51. The van der Waals surface area contributed by atoms with Crippen molar-refractivity contribution in [2.75, 3.05) is 5.32 Å². The Labute approximate surface area is 124 Å². The molecular formula is C18H15N3. The lowest BCUT2D eigenvalue weighted by Crippen LogP contribution is -2.00. The van der Waals surface area contributed by atoms with Gasteiger partial charge in [-0.3, -0.25) is 0 Å². The summed E-state index contributed by atoms with van der Waals surface area (Å²) in [5.74, 6) is 0. The maximum Gasteiger partial charge on any atom is 0.0991 e. The second-order valence-corrected chi connectivity index (χ2v) is 4.81. The minimum absolute atomic E-state index is 0.690. The molecule has 1 N–H and O–H groups in total. The molecule has 21 heavy (non-hydrogen) atoms. The van der Waals surface area contributed by atoms with Crippen LogP contribution in [0.15, 0.2) is 73.1 Å². The standard InChI is InChI=1S/C18H15N3/c19-13-15-5-3-6-16(11-15)14-20-17-7-4-8-18(12-17)21-9-1-2-10-21/h1-12,20H,14H2. The smallest absolute Gasteiger partial charge is 0.0991 e. The molecule has 0 unspecified atom stereocenters. The van der Waals surface area contributed by atoms with Crippen molar-refractivity contribution in [1.82, 2.24) is 4.57 Å². The highest BCUT2D eigenvalue weighted by atomic mass is 14.9. The largest absolute Gasteiger partial charge is 0.381 e. The fourth-order valence-corrected chi connectivity index (χ4v) is 2.24. The maximum absolute atomic E-state index is 8.92. The molecule has 2 aromatic carbocycles. The first-order valence-electron chi connectivity index (χ1n) is 6.81. The molecule has 0 bridgehead atoms. The number of rotatable bonds is 4. The van der Waals surface area contributed by atoms with Gasteiger partial charge in [0.1, 0.15) is 0 Å². The number of benzene rings is 2. The zero-order chi connectivity index (χ0) is 14.5. The quantitative estimate of drug-likeness (QED) is 0.781. The minimum atomic E-state index is 0.690. The number of nitriles is 1. The molecule has 0 aliphatic heterocycles. The summed E-state index contributed by atoms with van der Waals surface area (Å²) in [7, 11) is 0. The number of hydrogen-bond donors (Lipinski definition) is 1. The van der Waals surface area contributed by atoms with Gasteiger partial charge in [-0.2, -0.15) is 5.26 Å². The van der Waals surface area contributed by atoms with Crippen LogP contribution in [-0.4, -0.2) is 4.57 Å². The van der Waals surface area contributed by atoms with Crippen LogP contribution in [0.5, 0.6) is 0 Å². The Balaban J connectivity index is 1.73. The van der Waals surface area contributed by atoms with Crippen LogP contribution in [-0.2, 0) is 6.54 Å². The summed E-state index contributed by atoms with van der Waals surface area (Å²) in [5.41, 5.74) is 3.97. The molecule has 0 spiro atoms. The molecular weight excluding hydrogens is 258 g/mol. The Morgan fingerprint density at radius 3 is 2.57 bits per heavy atom. The summed E-state index contributed by atoms with van der Waals surface area (Å²) in [6.07, 6.45) is 4.05. The van der Waals surface area contributed by atoms with Gasteiger partial charge in [0, 0.05) is 30.3 Å². The van der Waals surface area contributed by atoms with Crippen molar-refractivity contribution in [3.8, 4) is 11.8 Å². The normalized spacial score (nSPS) is 10.0. The van der Waals surface area contributed by atoms with E-state index in [-0.39, 0.29) is 0 Å². The molecule has 1 heterocycles. The number of nitrogens with zero attached hydrogens (tertiary/aromatic N) is 2. The molecule has 0 radical (unpaired) electrons. The van der Waals surface area contributed by atoms with E-state index in [1.807, 2.05) is 60.9 Å². The highest BCUT2D eigenvalue weighted by Gasteiger charge is 1.99. The van der Waals surface area contributed by atoms with Crippen molar-refractivity contribution in [2.24, 2.45) is 0 Å². The van der Waals surface area contributed by atoms with Crippen LogP contribution in [0.2, 0.25) is 0 Å². The van der Waals surface area contributed by atoms with E-state index in [0.29, 0.717) is 12.1 Å². The van der Waals surface area contributed by atoms with Crippen molar-refractivity contribution < 1.29 is 0 Å². The molecule has 0 saturated heterocycles. The molecule has 1 aromatic heterocycles. The van der Waals surface area contributed by atoms with Gasteiger partial charge < -0.3 is 9.88 Å². The zero-order valence-corrected chi connectivity index (χ0v) is 11.5. The summed E-state index contributed by atoms with van der Waals surface area (Å²) in [6, 6.07) is 22.1. The second kappa shape index (κ2) is 5.98. The monoisotopic (exact) mass is 273 g/mol. The first kappa shape index (κ1) is 13.0. The van der Waals surface area contributed by atoms with E-state index in [9.17, 15) is 0 Å². The average Bonchev–Trinajstić information content (AvgIpc) is 3.08. The molecule has 3 aromatic rings. The van der Waals surface area contributed by atoms with Gasteiger partial charge in [-0.15, -0.1) is 0 Å². The third kappa shape index (κ3) is 3.13. The van der Waals surface area contributed by atoms with Crippen LogP contribution in [0.4, 0.5) is 5.69 Å². The Morgan fingerprint density at radius 1 is 0.952 bits per heavy atom.